The minimum atomic E-state index is 0.752. The lowest BCUT2D eigenvalue weighted by Crippen LogP contribution is -2.26. The average Bonchev–Trinajstić information content (AvgIpc) is 3.27. The van der Waals surface area contributed by atoms with Gasteiger partial charge in [0.2, 0.25) is 0 Å². The fraction of sp³-hybridized carbons (Fsp3) is 0.455. The summed E-state index contributed by atoms with van der Waals surface area (Å²) in [6.45, 7) is 3.86. The summed E-state index contributed by atoms with van der Waals surface area (Å²) in [5, 5.41) is 0. The monoisotopic (exact) mass is 305 g/mol. The van der Waals surface area contributed by atoms with E-state index in [1.807, 2.05) is 0 Å². The summed E-state index contributed by atoms with van der Waals surface area (Å²) in [6, 6.07) is 22.2. The SMILES string of the molecule is c1ccc([C@@H]2CC[C@H](CN3CC[C@H](c4ccccc4)C3)C2)cc1. The number of hydrogen-bond acceptors (Lipinski definition) is 1. The maximum absolute atomic E-state index is 2.72. The van der Waals surface area contributed by atoms with Gasteiger partial charge in [-0.05, 0) is 61.1 Å². The Morgan fingerprint density at radius 3 is 2.09 bits per heavy atom. The van der Waals surface area contributed by atoms with Crippen LogP contribution in [0.4, 0.5) is 0 Å². The van der Waals surface area contributed by atoms with Crippen LogP contribution in [0.5, 0.6) is 0 Å². The number of nitrogens with zero attached hydrogens (tertiary/aromatic N) is 1. The van der Waals surface area contributed by atoms with Crippen LogP contribution in [-0.2, 0) is 0 Å². The summed E-state index contributed by atoms with van der Waals surface area (Å²) in [5.41, 5.74) is 3.09. The topological polar surface area (TPSA) is 3.24 Å². The van der Waals surface area contributed by atoms with Gasteiger partial charge in [0, 0.05) is 13.1 Å². The predicted octanol–water partition coefficient (Wildman–Crippen LogP) is 5.06. The minimum Gasteiger partial charge on any atom is -0.302 e. The number of rotatable bonds is 4. The van der Waals surface area contributed by atoms with E-state index in [0.29, 0.717) is 0 Å². The largest absolute Gasteiger partial charge is 0.302 e. The summed E-state index contributed by atoms with van der Waals surface area (Å²) >= 11 is 0. The summed E-state index contributed by atoms with van der Waals surface area (Å²) in [5.74, 6) is 2.45. The Bertz CT molecular complexity index is 551. The molecular weight excluding hydrogens is 278 g/mol. The van der Waals surface area contributed by atoms with E-state index in [0.717, 1.165) is 17.8 Å². The minimum absolute atomic E-state index is 0.752. The van der Waals surface area contributed by atoms with Gasteiger partial charge in [-0.25, -0.2) is 0 Å². The summed E-state index contributed by atoms with van der Waals surface area (Å²) in [6.07, 6.45) is 5.51. The molecule has 1 saturated carbocycles. The van der Waals surface area contributed by atoms with E-state index < -0.39 is 0 Å². The quantitative estimate of drug-likeness (QED) is 0.763. The molecule has 0 unspecified atom stereocenters. The molecular formula is C22H27N. The molecule has 2 aliphatic rings. The number of benzene rings is 2. The average molecular weight is 305 g/mol. The Labute approximate surface area is 140 Å². The van der Waals surface area contributed by atoms with E-state index in [1.54, 1.807) is 5.56 Å². The molecule has 23 heavy (non-hydrogen) atoms. The van der Waals surface area contributed by atoms with Crippen LogP contribution in [-0.4, -0.2) is 24.5 Å². The Hall–Kier alpha value is -1.60. The molecule has 1 heteroatoms. The van der Waals surface area contributed by atoms with Gasteiger partial charge in [-0.2, -0.15) is 0 Å². The molecule has 1 heterocycles. The third kappa shape index (κ3) is 3.50. The molecule has 0 spiro atoms. The fourth-order valence-electron chi connectivity index (χ4n) is 4.63. The van der Waals surface area contributed by atoms with E-state index in [9.17, 15) is 0 Å². The number of likely N-dealkylation sites (tertiary alicyclic amines) is 1. The van der Waals surface area contributed by atoms with Crippen LogP contribution in [0.2, 0.25) is 0 Å². The third-order valence-corrected chi connectivity index (χ3v) is 5.87. The molecule has 120 valence electrons. The summed E-state index contributed by atoms with van der Waals surface area (Å²) in [4.78, 5) is 2.72. The zero-order chi connectivity index (χ0) is 15.5. The van der Waals surface area contributed by atoms with Crippen molar-refractivity contribution in [2.45, 2.75) is 37.5 Å². The van der Waals surface area contributed by atoms with Crippen molar-refractivity contribution in [3.63, 3.8) is 0 Å². The first-order chi connectivity index (χ1) is 11.4. The van der Waals surface area contributed by atoms with E-state index >= 15 is 0 Å². The highest BCUT2D eigenvalue weighted by atomic mass is 15.1. The molecule has 0 N–H and O–H groups in total. The molecule has 2 aromatic carbocycles. The van der Waals surface area contributed by atoms with Gasteiger partial charge in [-0.1, -0.05) is 60.7 Å². The zero-order valence-corrected chi connectivity index (χ0v) is 13.9. The van der Waals surface area contributed by atoms with Crippen LogP contribution in [0.3, 0.4) is 0 Å². The first-order valence-electron chi connectivity index (χ1n) is 9.21. The van der Waals surface area contributed by atoms with Crippen molar-refractivity contribution < 1.29 is 0 Å². The van der Waals surface area contributed by atoms with Gasteiger partial charge in [0.25, 0.3) is 0 Å². The molecule has 2 aromatic rings. The van der Waals surface area contributed by atoms with Gasteiger partial charge in [0.15, 0.2) is 0 Å². The Kier molecular flexibility index (Phi) is 4.48. The molecule has 0 amide bonds. The lowest BCUT2D eigenvalue weighted by Gasteiger charge is -2.21. The number of hydrogen-bond donors (Lipinski definition) is 0. The van der Waals surface area contributed by atoms with Crippen molar-refractivity contribution in [2.75, 3.05) is 19.6 Å². The highest BCUT2D eigenvalue weighted by Gasteiger charge is 2.30. The molecule has 1 aliphatic heterocycles. The highest BCUT2D eigenvalue weighted by Crippen LogP contribution is 2.39. The molecule has 1 saturated heterocycles. The van der Waals surface area contributed by atoms with Crippen LogP contribution in [0.15, 0.2) is 60.7 Å². The molecule has 1 aliphatic carbocycles. The second kappa shape index (κ2) is 6.88. The van der Waals surface area contributed by atoms with Crippen LogP contribution >= 0.6 is 0 Å². The second-order valence-electron chi connectivity index (χ2n) is 7.44. The molecule has 1 nitrogen and oxygen atoms in total. The van der Waals surface area contributed by atoms with Crippen LogP contribution in [0.25, 0.3) is 0 Å². The van der Waals surface area contributed by atoms with Crippen LogP contribution < -0.4 is 0 Å². The van der Waals surface area contributed by atoms with Gasteiger partial charge in [-0.15, -0.1) is 0 Å². The lowest BCUT2D eigenvalue weighted by atomic mass is 9.96. The van der Waals surface area contributed by atoms with E-state index in [-0.39, 0.29) is 0 Å². The van der Waals surface area contributed by atoms with Crippen molar-refractivity contribution in [1.29, 1.82) is 0 Å². The van der Waals surface area contributed by atoms with Crippen molar-refractivity contribution in [1.82, 2.24) is 4.90 Å². The molecule has 4 rings (SSSR count). The van der Waals surface area contributed by atoms with Gasteiger partial charge in [0.05, 0.1) is 0 Å². The zero-order valence-electron chi connectivity index (χ0n) is 13.9. The first kappa shape index (κ1) is 15.0. The highest BCUT2D eigenvalue weighted by molar-refractivity contribution is 5.22. The molecule has 3 atom stereocenters. The Morgan fingerprint density at radius 1 is 0.739 bits per heavy atom. The van der Waals surface area contributed by atoms with E-state index in [1.165, 1.54) is 50.9 Å². The summed E-state index contributed by atoms with van der Waals surface area (Å²) < 4.78 is 0. The van der Waals surface area contributed by atoms with E-state index in [2.05, 4.69) is 65.6 Å². The second-order valence-corrected chi connectivity index (χ2v) is 7.44. The Balaban J connectivity index is 1.30. The lowest BCUT2D eigenvalue weighted by molar-refractivity contribution is 0.276. The standard InChI is InChI=1S/C22H27N/c1-3-7-19(8-4-1)21-12-11-18(15-21)16-23-14-13-22(17-23)20-9-5-2-6-10-20/h1-10,18,21-22H,11-17H2/t18-,21+,22-/m0/s1. The van der Waals surface area contributed by atoms with Crippen LogP contribution in [0.1, 0.15) is 48.6 Å². The maximum Gasteiger partial charge on any atom is 0.00509 e. The molecule has 2 fully saturated rings. The van der Waals surface area contributed by atoms with Gasteiger partial charge in [0.1, 0.15) is 0 Å². The van der Waals surface area contributed by atoms with Crippen LogP contribution in [0, 0.1) is 5.92 Å². The molecule has 0 bridgehead atoms. The maximum atomic E-state index is 2.72. The third-order valence-electron chi connectivity index (χ3n) is 5.87. The van der Waals surface area contributed by atoms with Crippen molar-refractivity contribution in [3.05, 3.63) is 71.8 Å². The fourth-order valence-corrected chi connectivity index (χ4v) is 4.63. The predicted molar refractivity (Wildman–Crippen MR) is 96.8 cm³/mol. The van der Waals surface area contributed by atoms with Crippen molar-refractivity contribution in [2.24, 2.45) is 5.92 Å². The molecule has 0 aromatic heterocycles. The van der Waals surface area contributed by atoms with Gasteiger partial charge < -0.3 is 4.90 Å². The van der Waals surface area contributed by atoms with Gasteiger partial charge >= 0.3 is 0 Å². The Morgan fingerprint density at radius 2 is 1.39 bits per heavy atom. The molecule has 0 radical (unpaired) electrons. The van der Waals surface area contributed by atoms with Crippen molar-refractivity contribution in [3.8, 4) is 0 Å². The first-order valence-corrected chi connectivity index (χ1v) is 9.21. The van der Waals surface area contributed by atoms with E-state index in [4.69, 9.17) is 0 Å². The summed E-state index contributed by atoms with van der Waals surface area (Å²) in [7, 11) is 0. The van der Waals surface area contributed by atoms with Crippen molar-refractivity contribution >= 4 is 0 Å². The smallest absolute Gasteiger partial charge is 0.00509 e. The van der Waals surface area contributed by atoms with Gasteiger partial charge in [-0.3, -0.25) is 0 Å². The normalized spacial score (nSPS) is 28.3.